The van der Waals surface area contributed by atoms with Crippen molar-refractivity contribution >= 4 is 5.82 Å². The third-order valence-electron chi connectivity index (χ3n) is 3.40. The predicted molar refractivity (Wildman–Crippen MR) is 85.7 cm³/mol. The van der Waals surface area contributed by atoms with Crippen molar-refractivity contribution in [2.75, 3.05) is 44.9 Å². The average molecular weight is 298 g/mol. The number of aliphatic hydroxyl groups excluding tert-OH is 1. The number of ether oxygens (including phenoxy) is 1. The number of anilines is 1. The summed E-state index contributed by atoms with van der Waals surface area (Å²) < 4.78 is 7.07. The summed E-state index contributed by atoms with van der Waals surface area (Å²) in [4.78, 5) is 2.13. The van der Waals surface area contributed by atoms with Gasteiger partial charge in [0.15, 0.2) is 0 Å². The second kappa shape index (κ2) is 9.02. The van der Waals surface area contributed by atoms with Crippen LogP contribution in [0.3, 0.4) is 0 Å². The molecule has 1 heterocycles. The molecule has 0 atom stereocenters. The summed E-state index contributed by atoms with van der Waals surface area (Å²) in [6.07, 6.45) is 0. The van der Waals surface area contributed by atoms with Crippen molar-refractivity contribution < 1.29 is 9.84 Å². The Hall–Kier alpha value is -1.11. The third kappa shape index (κ3) is 5.30. The highest BCUT2D eigenvalue weighted by Gasteiger charge is 2.18. The minimum absolute atomic E-state index is 0.118. The molecule has 0 spiro atoms. The van der Waals surface area contributed by atoms with Gasteiger partial charge in [-0.3, -0.25) is 4.68 Å². The van der Waals surface area contributed by atoms with Gasteiger partial charge in [-0.2, -0.15) is 5.10 Å². The smallest absolute Gasteiger partial charge is 0.131 e. The number of hydrogen-bond donors (Lipinski definition) is 2. The summed E-state index contributed by atoms with van der Waals surface area (Å²) in [6.45, 7) is 10.3. The fourth-order valence-electron chi connectivity index (χ4n) is 2.42. The van der Waals surface area contributed by atoms with Gasteiger partial charge in [0.25, 0.3) is 0 Å². The van der Waals surface area contributed by atoms with Crippen molar-refractivity contribution in [3.05, 3.63) is 11.3 Å². The first-order chi connectivity index (χ1) is 10.0. The minimum Gasteiger partial charge on any atom is -0.395 e. The van der Waals surface area contributed by atoms with Crippen molar-refractivity contribution in [3.63, 3.8) is 0 Å². The fourth-order valence-corrected chi connectivity index (χ4v) is 2.42. The fraction of sp³-hybridized carbons (Fsp3) is 0.800. The lowest BCUT2D eigenvalue weighted by Crippen LogP contribution is -2.33. The molecule has 6 nitrogen and oxygen atoms in total. The van der Waals surface area contributed by atoms with Crippen molar-refractivity contribution in [2.45, 2.75) is 27.3 Å². The van der Waals surface area contributed by atoms with Crippen LogP contribution in [0, 0.1) is 12.8 Å². The molecule has 0 aliphatic carbocycles. The van der Waals surface area contributed by atoms with E-state index in [2.05, 4.69) is 29.2 Å². The van der Waals surface area contributed by atoms with E-state index < -0.39 is 0 Å². The second-order valence-electron chi connectivity index (χ2n) is 5.74. The summed E-state index contributed by atoms with van der Waals surface area (Å²) in [5, 5.41) is 17.3. The van der Waals surface area contributed by atoms with Crippen LogP contribution in [0.1, 0.15) is 25.1 Å². The highest BCUT2D eigenvalue weighted by molar-refractivity contribution is 5.50. The van der Waals surface area contributed by atoms with Crippen LogP contribution in [0.5, 0.6) is 0 Å². The average Bonchev–Trinajstić information content (AvgIpc) is 2.69. The standard InChI is InChI=1S/C15H30N4O2/c1-12(2)10-16-11-14-13(3)17-18(4)15(14)19(6-8-20)7-9-21-5/h12,16,20H,6-11H2,1-5H3. The molecule has 1 aromatic rings. The van der Waals surface area contributed by atoms with Crippen LogP contribution in [0.15, 0.2) is 0 Å². The summed E-state index contributed by atoms with van der Waals surface area (Å²) >= 11 is 0. The van der Waals surface area contributed by atoms with Crippen LogP contribution in [0.25, 0.3) is 0 Å². The van der Waals surface area contributed by atoms with Gasteiger partial charge in [-0.1, -0.05) is 13.8 Å². The normalized spacial score (nSPS) is 11.4. The highest BCUT2D eigenvalue weighted by atomic mass is 16.5. The Morgan fingerprint density at radius 3 is 2.67 bits per heavy atom. The SMILES string of the molecule is COCCN(CCO)c1c(CNCC(C)C)c(C)nn1C. The van der Waals surface area contributed by atoms with Crippen LogP contribution in [0.2, 0.25) is 0 Å². The molecule has 122 valence electrons. The van der Waals surface area contributed by atoms with Crippen LogP contribution in [-0.2, 0) is 18.3 Å². The molecule has 0 aliphatic heterocycles. The largest absolute Gasteiger partial charge is 0.395 e. The van der Waals surface area contributed by atoms with E-state index >= 15 is 0 Å². The molecule has 2 N–H and O–H groups in total. The molecule has 1 rings (SSSR count). The van der Waals surface area contributed by atoms with Gasteiger partial charge in [-0.15, -0.1) is 0 Å². The van der Waals surface area contributed by atoms with Crippen LogP contribution < -0.4 is 10.2 Å². The Morgan fingerprint density at radius 2 is 2.10 bits per heavy atom. The summed E-state index contributed by atoms with van der Waals surface area (Å²) in [5.41, 5.74) is 2.23. The number of rotatable bonds is 10. The van der Waals surface area contributed by atoms with Gasteiger partial charge in [-0.25, -0.2) is 0 Å². The quantitative estimate of drug-likeness (QED) is 0.672. The number of aromatic nitrogens is 2. The van der Waals surface area contributed by atoms with E-state index in [1.807, 2.05) is 18.7 Å². The second-order valence-corrected chi connectivity index (χ2v) is 5.74. The highest BCUT2D eigenvalue weighted by Crippen LogP contribution is 2.23. The van der Waals surface area contributed by atoms with Crippen molar-refractivity contribution in [1.82, 2.24) is 15.1 Å². The Balaban J connectivity index is 2.90. The Labute approximate surface area is 128 Å². The molecule has 0 saturated carbocycles. The number of aliphatic hydroxyl groups is 1. The van der Waals surface area contributed by atoms with E-state index in [-0.39, 0.29) is 6.61 Å². The van der Waals surface area contributed by atoms with Crippen molar-refractivity contribution in [1.29, 1.82) is 0 Å². The monoisotopic (exact) mass is 298 g/mol. The maximum atomic E-state index is 9.31. The van der Waals surface area contributed by atoms with Gasteiger partial charge in [0.1, 0.15) is 5.82 Å². The molecule has 0 aliphatic rings. The van der Waals surface area contributed by atoms with Gasteiger partial charge < -0.3 is 20.1 Å². The molecule has 21 heavy (non-hydrogen) atoms. The number of aryl methyl sites for hydroxylation is 2. The lowest BCUT2D eigenvalue weighted by Gasteiger charge is -2.25. The van der Waals surface area contributed by atoms with Crippen molar-refractivity contribution in [3.8, 4) is 0 Å². The topological polar surface area (TPSA) is 62.6 Å². The lowest BCUT2D eigenvalue weighted by atomic mass is 10.2. The molecule has 0 amide bonds. The summed E-state index contributed by atoms with van der Waals surface area (Å²) in [7, 11) is 3.64. The molecule has 0 aromatic carbocycles. The lowest BCUT2D eigenvalue weighted by molar-refractivity contribution is 0.202. The zero-order chi connectivity index (χ0) is 15.8. The Morgan fingerprint density at radius 1 is 1.38 bits per heavy atom. The van der Waals surface area contributed by atoms with Gasteiger partial charge in [0.2, 0.25) is 0 Å². The van der Waals surface area contributed by atoms with Gasteiger partial charge in [0, 0.05) is 39.4 Å². The first-order valence-electron chi connectivity index (χ1n) is 7.59. The molecule has 0 unspecified atom stereocenters. The molecule has 0 fully saturated rings. The van der Waals surface area contributed by atoms with E-state index in [1.54, 1.807) is 7.11 Å². The number of hydrogen-bond acceptors (Lipinski definition) is 5. The molecular formula is C15H30N4O2. The Kier molecular flexibility index (Phi) is 7.71. The van der Waals surface area contributed by atoms with Crippen LogP contribution in [-0.4, -0.2) is 54.8 Å². The van der Waals surface area contributed by atoms with Crippen molar-refractivity contribution in [2.24, 2.45) is 13.0 Å². The minimum atomic E-state index is 0.118. The van der Waals surface area contributed by atoms with E-state index in [0.29, 0.717) is 19.1 Å². The molecular weight excluding hydrogens is 268 g/mol. The molecule has 0 radical (unpaired) electrons. The Bertz CT molecular complexity index is 418. The van der Waals surface area contributed by atoms with E-state index in [9.17, 15) is 5.11 Å². The summed E-state index contributed by atoms with van der Waals surface area (Å²) in [5.74, 6) is 1.68. The van der Waals surface area contributed by atoms with Crippen LogP contribution >= 0.6 is 0 Å². The number of nitrogens with zero attached hydrogens (tertiary/aromatic N) is 3. The molecule has 0 saturated heterocycles. The zero-order valence-corrected chi connectivity index (χ0v) is 14.0. The number of nitrogens with one attached hydrogen (secondary N) is 1. The number of methoxy groups -OCH3 is 1. The molecule has 1 aromatic heterocycles. The maximum absolute atomic E-state index is 9.31. The first kappa shape index (κ1) is 17.9. The van der Waals surface area contributed by atoms with E-state index in [0.717, 1.165) is 31.1 Å². The van der Waals surface area contributed by atoms with E-state index in [1.165, 1.54) is 5.56 Å². The van der Waals surface area contributed by atoms with Gasteiger partial charge >= 0.3 is 0 Å². The third-order valence-corrected chi connectivity index (χ3v) is 3.40. The summed E-state index contributed by atoms with van der Waals surface area (Å²) in [6, 6.07) is 0. The molecule has 0 bridgehead atoms. The zero-order valence-electron chi connectivity index (χ0n) is 14.0. The van der Waals surface area contributed by atoms with Gasteiger partial charge in [0.05, 0.1) is 18.9 Å². The maximum Gasteiger partial charge on any atom is 0.131 e. The predicted octanol–water partition coefficient (Wildman–Crippen LogP) is 0.919. The van der Waals surface area contributed by atoms with Crippen LogP contribution in [0.4, 0.5) is 5.82 Å². The van der Waals surface area contributed by atoms with Gasteiger partial charge in [-0.05, 0) is 19.4 Å². The first-order valence-corrected chi connectivity index (χ1v) is 7.59. The molecule has 6 heteroatoms. The van der Waals surface area contributed by atoms with E-state index in [4.69, 9.17) is 4.74 Å².